The van der Waals surface area contributed by atoms with E-state index in [1.807, 2.05) is 84.9 Å². The smallest absolute Gasteiger partial charge is 0.262 e. The van der Waals surface area contributed by atoms with Gasteiger partial charge in [0.1, 0.15) is 11.6 Å². The molecule has 248 valence electrons. The molecule has 3 aromatic carbocycles. The van der Waals surface area contributed by atoms with E-state index in [4.69, 9.17) is 0 Å². The van der Waals surface area contributed by atoms with Crippen LogP contribution in [0, 0.1) is 0 Å². The molecule has 4 aromatic rings. The van der Waals surface area contributed by atoms with Crippen LogP contribution in [-0.2, 0) is 28.9 Å². The van der Waals surface area contributed by atoms with Crippen molar-refractivity contribution >= 4 is 39.1 Å². The van der Waals surface area contributed by atoms with E-state index in [1.54, 1.807) is 0 Å². The van der Waals surface area contributed by atoms with E-state index in [-0.39, 0.29) is 17.7 Å². The summed E-state index contributed by atoms with van der Waals surface area (Å²) in [6, 6.07) is 26.6. The number of carbonyl (C=O) groups excluding carboxylic acids is 3. The number of hydrogen-bond donors (Lipinski definition) is 3. The summed E-state index contributed by atoms with van der Waals surface area (Å²) in [6.07, 6.45) is 6.58. The molecule has 47 heavy (non-hydrogen) atoms. The zero-order valence-corrected chi connectivity index (χ0v) is 28.5. The summed E-state index contributed by atoms with van der Waals surface area (Å²) in [7, 11) is 0. The van der Waals surface area contributed by atoms with Crippen molar-refractivity contribution in [1.29, 1.82) is 0 Å². The average molecular weight is 653 g/mol. The summed E-state index contributed by atoms with van der Waals surface area (Å²) in [5, 5.41) is 10.4. The van der Waals surface area contributed by atoms with E-state index < -0.39 is 11.6 Å². The monoisotopic (exact) mass is 652 g/mol. The van der Waals surface area contributed by atoms with Gasteiger partial charge in [-0.2, -0.15) is 0 Å². The molecule has 7 nitrogen and oxygen atoms in total. The molecule has 1 heterocycles. The first-order valence-corrected chi connectivity index (χ1v) is 17.9. The van der Waals surface area contributed by atoms with Crippen molar-refractivity contribution in [3.05, 3.63) is 106 Å². The number of fused-ring (bicyclic) bond motifs is 2. The number of nitrogens with zero attached hydrogens (tertiary/aromatic N) is 1. The molecule has 0 fully saturated rings. The standard InChI is InChI=1S/C39H48N4O3S/c1-3-5-22-43(23-6-4-2)24-14-21-40-36(44)33(25-29-15-8-7-9-16-29)41-38(46)39(27-31-18-10-11-19-32(31)28-39)42-37(45)35-26-30-17-12-13-20-34(30)47-35/h7-13,15-20,26,33H,3-6,14,21-25,27-28H2,1-2H3,(H,40,44)(H,41,46)(H,42,45)/t33-/m1/s1. The predicted molar refractivity (Wildman–Crippen MR) is 192 cm³/mol. The van der Waals surface area contributed by atoms with Gasteiger partial charge in [-0.15, -0.1) is 11.3 Å². The van der Waals surface area contributed by atoms with E-state index in [2.05, 4.69) is 34.7 Å². The summed E-state index contributed by atoms with van der Waals surface area (Å²) in [6.45, 7) is 8.05. The quantitative estimate of drug-likeness (QED) is 0.117. The second-order valence-electron chi connectivity index (χ2n) is 12.7. The van der Waals surface area contributed by atoms with Gasteiger partial charge in [0.2, 0.25) is 11.8 Å². The lowest BCUT2D eigenvalue weighted by atomic mass is 9.92. The number of carbonyl (C=O) groups is 3. The van der Waals surface area contributed by atoms with Gasteiger partial charge in [0.25, 0.3) is 5.91 Å². The molecule has 0 aliphatic heterocycles. The second-order valence-corrected chi connectivity index (χ2v) is 13.8. The minimum atomic E-state index is -1.22. The van der Waals surface area contributed by atoms with Gasteiger partial charge < -0.3 is 20.9 Å². The first-order chi connectivity index (χ1) is 22.9. The molecule has 0 radical (unpaired) electrons. The molecule has 0 unspecified atom stereocenters. The molecule has 0 spiro atoms. The number of amides is 3. The summed E-state index contributed by atoms with van der Waals surface area (Å²) in [5.41, 5.74) is 1.79. The Kier molecular flexibility index (Phi) is 12.2. The number of thiophene rings is 1. The molecule has 1 aromatic heterocycles. The van der Waals surface area contributed by atoms with E-state index in [0.29, 0.717) is 30.7 Å². The zero-order chi connectivity index (χ0) is 33.1. The van der Waals surface area contributed by atoms with E-state index in [0.717, 1.165) is 65.7 Å². The summed E-state index contributed by atoms with van der Waals surface area (Å²) >= 11 is 1.41. The fourth-order valence-electron chi connectivity index (χ4n) is 6.39. The Morgan fingerprint density at radius 3 is 2.09 bits per heavy atom. The van der Waals surface area contributed by atoms with E-state index in [9.17, 15) is 14.4 Å². The summed E-state index contributed by atoms with van der Waals surface area (Å²) < 4.78 is 1.02. The van der Waals surface area contributed by atoms with Crippen molar-refractivity contribution in [2.24, 2.45) is 0 Å². The third-order valence-corrected chi connectivity index (χ3v) is 10.2. The summed E-state index contributed by atoms with van der Waals surface area (Å²) in [4.78, 5) is 44.9. The lowest BCUT2D eigenvalue weighted by Gasteiger charge is -2.31. The fourth-order valence-corrected chi connectivity index (χ4v) is 7.34. The van der Waals surface area contributed by atoms with Crippen molar-refractivity contribution in [2.45, 2.75) is 76.8 Å². The molecule has 0 saturated carbocycles. The molecular formula is C39H48N4O3S. The minimum absolute atomic E-state index is 0.211. The van der Waals surface area contributed by atoms with Gasteiger partial charge in [-0.1, -0.05) is 99.5 Å². The number of nitrogens with one attached hydrogen (secondary N) is 3. The highest BCUT2D eigenvalue weighted by atomic mass is 32.1. The van der Waals surface area contributed by atoms with Crippen LogP contribution in [0.15, 0.2) is 84.9 Å². The molecule has 5 rings (SSSR count). The maximum Gasteiger partial charge on any atom is 0.262 e. The Balaban J connectivity index is 1.31. The molecular weight excluding hydrogens is 605 g/mol. The van der Waals surface area contributed by atoms with Crippen LogP contribution in [-0.4, -0.2) is 60.4 Å². The Hall–Kier alpha value is -4.01. The highest BCUT2D eigenvalue weighted by molar-refractivity contribution is 7.20. The molecule has 0 bridgehead atoms. The first-order valence-electron chi connectivity index (χ1n) is 17.1. The topological polar surface area (TPSA) is 90.5 Å². The molecule has 3 N–H and O–H groups in total. The lowest BCUT2D eigenvalue weighted by molar-refractivity contribution is -0.132. The van der Waals surface area contributed by atoms with Crippen LogP contribution >= 0.6 is 11.3 Å². The average Bonchev–Trinajstić information content (AvgIpc) is 3.70. The molecule has 0 saturated heterocycles. The van der Waals surface area contributed by atoms with Crippen molar-refractivity contribution in [1.82, 2.24) is 20.9 Å². The van der Waals surface area contributed by atoms with Crippen LogP contribution in [0.3, 0.4) is 0 Å². The van der Waals surface area contributed by atoms with Crippen LogP contribution in [0.25, 0.3) is 10.1 Å². The van der Waals surface area contributed by atoms with Gasteiger partial charge in [-0.05, 0) is 73.1 Å². The third kappa shape index (κ3) is 9.08. The number of unbranched alkanes of at least 4 members (excludes halogenated alkanes) is 2. The number of rotatable bonds is 17. The van der Waals surface area contributed by atoms with Crippen LogP contribution < -0.4 is 16.0 Å². The van der Waals surface area contributed by atoms with Gasteiger partial charge >= 0.3 is 0 Å². The minimum Gasteiger partial charge on any atom is -0.354 e. The van der Waals surface area contributed by atoms with E-state index >= 15 is 0 Å². The predicted octanol–water partition coefficient (Wildman–Crippen LogP) is 6.30. The van der Waals surface area contributed by atoms with Crippen molar-refractivity contribution in [3.63, 3.8) is 0 Å². The maximum atomic E-state index is 14.4. The van der Waals surface area contributed by atoms with Crippen LogP contribution in [0.2, 0.25) is 0 Å². The third-order valence-electron chi connectivity index (χ3n) is 9.05. The Morgan fingerprint density at radius 2 is 1.43 bits per heavy atom. The van der Waals surface area contributed by atoms with Crippen molar-refractivity contribution < 1.29 is 14.4 Å². The van der Waals surface area contributed by atoms with Crippen LogP contribution in [0.5, 0.6) is 0 Å². The van der Waals surface area contributed by atoms with E-state index in [1.165, 1.54) is 24.2 Å². The first kappa shape index (κ1) is 34.3. The van der Waals surface area contributed by atoms with Gasteiger partial charge in [-0.25, -0.2) is 0 Å². The maximum absolute atomic E-state index is 14.4. The second kappa shape index (κ2) is 16.7. The SMILES string of the molecule is CCCCN(CCCC)CCCNC(=O)[C@@H](Cc1ccccc1)NC(=O)C1(NC(=O)c2cc3ccccc3s2)Cc2ccccc2C1. The Morgan fingerprint density at radius 1 is 0.809 bits per heavy atom. The van der Waals surface area contributed by atoms with Crippen LogP contribution in [0.4, 0.5) is 0 Å². The largest absolute Gasteiger partial charge is 0.354 e. The van der Waals surface area contributed by atoms with Gasteiger partial charge in [0.05, 0.1) is 4.88 Å². The Bertz CT molecular complexity index is 1570. The van der Waals surface area contributed by atoms with Crippen molar-refractivity contribution in [2.75, 3.05) is 26.2 Å². The van der Waals surface area contributed by atoms with Gasteiger partial charge in [0.15, 0.2) is 0 Å². The molecule has 1 aliphatic rings. The highest BCUT2D eigenvalue weighted by Crippen LogP contribution is 2.32. The normalized spacial score (nSPS) is 14.1. The van der Waals surface area contributed by atoms with Gasteiger partial charge in [-0.3, -0.25) is 14.4 Å². The molecule has 1 atom stereocenters. The van der Waals surface area contributed by atoms with Gasteiger partial charge in [0, 0.05) is 30.5 Å². The van der Waals surface area contributed by atoms with Crippen molar-refractivity contribution in [3.8, 4) is 0 Å². The molecule has 1 aliphatic carbocycles. The fraction of sp³-hybridized carbons (Fsp3) is 0.410. The number of benzene rings is 3. The zero-order valence-electron chi connectivity index (χ0n) is 27.7. The van der Waals surface area contributed by atoms with Crippen LogP contribution in [0.1, 0.15) is 72.3 Å². The Labute approximate surface area is 283 Å². The lowest BCUT2D eigenvalue weighted by Crippen LogP contribution is -2.63. The molecule has 8 heteroatoms. The number of hydrogen-bond acceptors (Lipinski definition) is 5. The summed E-state index contributed by atoms with van der Waals surface area (Å²) in [5.74, 6) is -0.837. The molecule has 3 amide bonds. The highest BCUT2D eigenvalue weighted by Gasteiger charge is 2.46.